The molecule has 0 aliphatic heterocycles. The molecule has 3 aromatic heterocycles. The number of hydrogen-bond acceptors (Lipinski definition) is 8. The molecule has 3 N–H and O–H groups in total. The number of nitrogens with zero attached hydrogens (tertiary/aromatic N) is 4. The molecule has 0 aliphatic carbocycles. The van der Waals surface area contributed by atoms with Gasteiger partial charge in [0.25, 0.3) is 5.56 Å². The quantitative estimate of drug-likeness (QED) is 0.143. The van der Waals surface area contributed by atoms with Crippen LogP contribution >= 0.6 is 0 Å². The topological polar surface area (TPSA) is 123 Å². The second-order valence-electron chi connectivity index (χ2n) is 11.2. The molecule has 0 spiro atoms. The lowest BCUT2D eigenvalue weighted by Crippen LogP contribution is -2.18. The number of carbonyl (C=O) groups is 1. The Morgan fingerprint density at radius 3 is 2.28 bits per heavy atom. The first kappa shape index (κ1) is 31.0. The molecule has 6 aromatic rings. The zero-order valence-corrected chi connectivity index (χ0v) is 26.2. The van der Waals surface area contributed by atoms with Gasteiger partial charge < -0.3 is 19.9 Å². The van der Waals surface area contributed by atoms with Gasteiger partial charge in [-0.05, 0) is 64.7 Å². The smallest absolute Gasteiger partial charge is 0.413 e. The number of aryl methyl sites for hydroxylation is 2. The highest BCUT2D eigenvalue weighted by molar-refractivity contribution is 6.01. The number of rotatable bonds is 11. The van der Waals surface area contributed by atoms with Crippen LogP contribution in [0.1, 0.15) is 33.4 Å². The van der Waals surface area contributed by atoms with Crippen LogP contribution in [0.15, 0.2) is 115 Å². The zero-order chi connectivity index (χ0) is 32.6. The number of anilines is 3. The molecule has 0 atom stereocenters. The molecule has 3 aromatic carbocycles. The third kappa shape index (κ3) is 7.80. The SMILES string of the molecule is Cc1cc2ccnc(NC(=O)OCc3ccccc3)c2c(C)c1CNc1cc(NCc2ccc(Cn3ccccc3=O)cc2)ncn1. The van der Waals surface area contributed by atoms with Crippen molar-refractivity contribution in [3.63, 3.8) is 0 Å². The summed E-state index contributed by atoms with van der Waals surface area (Å²) in [6, 6.07) is 28.8. The minimum absolute atomic E-state index is 0.0205. The van der Waals surface area contributed by atoms with Crippen molar-refractivity contribution < 1.29 is 9.53 Å². The van der Waals surface area contributed by atoms with Gasteiger partial charge in [-0.1, -0.05) is 66.7 Å². The Balaban J connectivity index is 1.09. The summed E-state index contributed by atoms with van der Waals surface area (Å²) >= 11 is 0. The van der Waals surface area contributed by atoms with E-state index in [0.29, 0.717) is 37.1 Å². The van der Waals surface area contributed by atoms with E-state index in [1.165, 1.54) is 6.33 Å². The first-order valence-corrected chi connectivity index (χ1v) is 15.3. The maximum Gasteiger partial charge on any atom is 0.413 e. The second kappa shape index (κ2) is 14.4. The third-order valence-corrected chi connectivity index (χ3v) is 7.95. The van der Waals surface area contributed by atoms with Crippen molar-refractivity contribution in [3.8, 4) is 0 Å². The molecule has 0 bridgehead atoms. The monoisotopic (exact) mass is 625 g/mol. The summed E-state index contributed by atoms with van der Waals surface area (Å²) in [4.78, 5) is 37.9. The van der Waals surface area contributed by atoms with E-state index in [9.17, 15) is 9.59 Å². The molecule has 0 saturated heterocycles. The molecule has 3 heterocycles. The summed E-state index contributed by atoms with van der Waals surface area (Å²) in [5.41, 5.74) is 6.23. The highest BCUT2D eigenvalue weighted by Gasteiger charge is 2.15. The van der Waals surface area contributed by atoms with Crippen LogP contribution in [0.25, 0.3) is 10.8 Å². The summed E-state index contributed by atoms with van der Waals surface area (Å²) in [6.07, 6.45) is 4.44. The number of carbonyl (C=O) groups excluding carboxylic acids is 1. The Morgan fingerprint density at radius 1 is 0.787 bits per heavy atom. The van der Waals surface area contributed by atoms with Gasteiger partial charge >= 0.3 is 6.09 Å². The highest BCUT2D eigenvalue weighted by Crippen LogP contribution is 2.30. The van der Waals surface area contributed by atoms with E-state index in [1.807, 2.05) is 79.7 Å². The van der Waals surface area contributed by atoms with Gasteiger partial charge in [-0.3, -0.25) is 10.1 Å². The van der Waals surface area contributed by atoms with Gasteiger partial charge in [-0.25, -0.2) is 19.7 Å². The fraction of sp³-hybridized carbons (Fsp3) is 0.162. The molecule has 0 saturated carbocycles. The fourth-order valence-corrected chi connectivity index (χ4v) is 5.45. The van der Waals surface area contributed by atoms with Crippen molar-refractivity contribution in [1.82, 2.24) is 19.5 Å². The molecule has 236 valence electrons. The lowest BCUT2D eigenvalue weighted by molar-refractivity contribution is 0.155. The Bertz CT molecular complexity index is 2060. The number of amides is 1. The van der Waals surface area contributed by atoms with E-state index in [-0.39, 0.29) is 12.2 Å². The number of fused-ring (bicyclic) bond motifs is 1. The van der Waals surface area contributed by atoms with E-state index in [0.717, 1.165) is 44.2 Å². The Kier molecular flexibility index (Phi) is 9.48. The van der Waals surface area contributed by atoms with Crippen LogP contribution in [-0.4, -0.2) is 25.6 Å². The molecule has 0 radical (unpaired) electrons. The van der Waals surface area contributed by atoms with Crippen LogP contribution in [0.2, 0.25) is 0 Å². The van der Waals surface area contributed by atoms with Gasteiger partial charge in [0, 0.05) is 43.0 Å². The lowest BCUT2D eigenvalue weighted by Gasteiger charge is -2.17. The molecule has 0 aliphatic rings. The van der Waals surface area contributed by atoms with Gasteiger partial charge in [-0.2, -0.15) is 0 Å². The highest BCUT2D eigenvalue weighted by atomic mass is 16.5. The van der Waals surface area contributed by atoms with Crippen molar-refractivity contribution in [2.24, 2.45) is 0 Å². The van der Waals surface area contributed by atoms with Crippen LogP contribution in [0, 0.1) is 13.8 Å². The average Bonchev–Trinajstić information content (AvgIpc) is 3.08. The number of nitrogens with one attached hydrogen (secondary N) is 3. The first-order chi connectivity index (χ1) is 22.9. The predicted molar refractivity (Wildman–Crippen MR) is 184 cm³/mol. The minimum Gasteiger partial charge on any atom is -0.444 e. The van der Waals surface area contributed by atoms with Gasteiger partial charge in [0.1, 0.15) is 30.4 Å². The van der Waals surface area contributed by atoms with Crippen molar-refractivity contribution in [2.75, 3.05) is 16.0 Å². The van der Waals surface area contributed by atoms with Crippen molar-refractivity contribution >= 4 is 34.3 Å². The Hall–Kier alpha value is -6.03. The van der Waals surface area contributed by atoms with Crippen molar-refractivity contribution in [3.05, 3.63) is 153 Å². The lowest BCUT2D eigenvalue weighted by atomic mass is 9.96. The molecule has 0 unspecified atom stereocenters. The van der Waals surface area contributed by atoms with E-state index in [2.05, 4.69) is 43.9 Å². The van der Waals surface area contributed by atoms with Crippen LogP contribution in [0.5, 0.6) is 0 Å². The third-order valence-electron chi connectivity index (χ3n) is 7.95. The largest absolute Gasteiger partial charge is 0.444 e. The zero-order valence-electron chi connectivity index (χ0n) is 26.2. The number of ether oxygens (including phenoxy) is 1. The van der Waals surface area contributed by atoms with Gasteiger partial charge in [0.15, 0.2) is 0 Å². The Morgan fingerprint density at radius 2 is 1.51 bits per heavy atom. The maximum atomic E-state index is 12.7. The number of benzene rings is 3. The molecule has 47 heavy (non-hydrogen) atoms. The van der Waals surface area contributed by atoms with Crippen molar-refractivity contribution in [1.29, 1.82) is 0 Å². The van der Waals surface area contributed by atoms with Crippen LogP contribution in [0.4, 0.5) is 22.2 Å². The minimum atomic E-state index is -0.561. The maximum absolute atomic E-state index is 12.7. The molecule has 10 heteroatoms. The summed E-state index contributed by atoms with van der Waals surface area (Å²) in [7, 11) is 0. The van der Waals surface area contributed by atoms with E-state index < -0.39 is 6.09 Å². The Labute approximate surface area is 272 Å². The van der Waals surface area contributed by atoms with E-state index >= 15 is 0 Å². The molecular formula is C37H35N7O3. The summed E-state index contributed by atoms with van der Waals surface area (Å²) in [6.45, 7) is 5.90. The fourth-order valence-electron chi connectivity index (χ4n) is 5.45. The summed E-state index contributed by atoms with van der Waals surface area (Å²) in [5, 5.41) is 11.5. The standard InChI is InChI=1S/C37H35N7O3/c1-25-18-30-15-16-38-36(43-37(46)47-23-29-8-4-3-5-9-29)35(30)26(2)31(25)21-40-33-19-32(41-24-42-33)39-20-27-11-13-28(14-12-27)22-44-17-7-6-10-34(44)45/h3-19,24H,20-23H2,1-2H3,(H,38,43,46)(H2,39,40,41,42). The van der Waals surface area contributed by atoms with Gasteiger partial charge in [-0.15, -0.1) is 0 Å². The van der Waals surface area contributed by atoms with Crippen molar-refractivity contribution in [2.45, 2.75) is 40.1 Å². The average molecular weight is 626 g/mol. The normalized spacial score (nSPS) is 10.9. The van der Waals surface area contributed by atoms with Crippen LogP contribution < -0.4 is 21.5 Å². The van der Waals surface area contributed by atoms with Crippen LogP contribution in [0.3, 0.4) is 0 Å². The summed E-state index contributed by atoms with van der Waals surface area (Å²) < 4.78 is 7.12. The number of hydrogen-bond donors (Lipinski definition) is 3. The van der Waals surface area contributed by atoms with Gasteiger partial charge in [0.2, 0.25) is 0 Å². The number of pyridine rings is 2. The molecule has 6 rings (SSSR count). The van der Waals surface area contributed by atoms with E-state index in [1.54, 1.807) is 29.1 Å². The first-order valence-electron chi connectivity index (χ1n) is 15.3. The summed E-state index contributed by atoms with van der Waals surface area (Å²) in [5.74, 6) is 1.83. The molecule has 1 amide bonds. The molecular weight excluding hydrogens is 590 g/mol. The van der Waals surface area contributed by atoms with E-state index in [4.69, 9.17) is 4.74 Å². The molecule has 10 nitrogen and oxygen atoms in total. The molecule has 0 fully saturated rings. The second-order valence-corrected chi connectivity index (χ2v) is 11.2. The predicted octanol–water partition coefficient (Wildman–Crippen LogP) is 6.82. The number of aromatic nitrogens is 4. The van der Waals surface area contributed by atoms with Gasteiger partial charge in [0.05, 0.1) is 6.54 Å². The van der Waals surface area contributed by atoms with Crippen LogP contribution in [-0.2, 0) is 31.0 Å².